The number of hydrogen-bond donors (Lipinski definition) is 1. The van der Waals surface area contributed by atoms with Crippen molar-refractivity contribution >= 4 is 0 Å². The summed E-state index contributed by atoms with van der Waals surface area (Å²) in [6.07, 6.45) is 7.36. The molecule has 0 saturated heterocycles. The third-order valence-corrected chi connectivity index (χ3v) is 6.12. The summed E-state index contributed by atoms with van der Waals surface area (Å²) >= 11 is 0. The molecule has 0 aromatic carbocycles. The molecule has 0 radical (unpaired) electrons. The van der Waals surface area contributed by atoms with Crippen LogP contribution in [-0.4, -0.2) is 24.8 Å². The van der Waals surface area contributed by atoms with Crippen LogP contribution < -0.4 is 5.32 Å². The lowest BCUT2D eigenvalue weighted by Crippen LogP contribution is -2.62. The normalized spacial score (nSPS) is 39.3. The van der Waals surface area contributed by atoms with E-state index in [-0.39, 0.29) is 5.41 Å². The van der Waals surface area contributed by atoms with Gasteiger partial charge in [-0.2, -0.15) is 0 Å². The highest BCUT2D eigenvalue weighted by atomic mass is 16.5. The van der Waals surface area contributed by atoms with E-state index in [1.165, 1.54) is 32.1 Å². The highest BCUT2D eigenvalue weighted by Crippen LogP contribution is 2.46. The fourth-order valence-electron chi connectivity index (χ4n) is 4.26. The maximum atomic E-state index is 6.66. The zero-order valence-electron chi connectivity index (χ0n) is 15.1. The standard InChI is InChI=1S/C19H37NO/c1-7-10-20-17-12-18(19(17,5)6)21-16-11-14(4)8-9-15(16)13(2)3/h13-18,20H,7-12H2,1-6H3. The molecule has 0 aromatic heterocycles. The minimum Gasteiger partial charge on any atom is -0.374 e. The van der Waals surface area contributed by atoms with Crippen LogP contribution >= 0.6 is 0 Å². The first-order chi connectivity index (χ1) is 9.86. The fraction of sp³-hybridized carbons (Fsp3) is 1.00. The monoisotopic (exact) mass is 295 g/mol. The van der Waals surface area contributed by atoms with Gasteiger partial charge < -0.3 is 10.1 Å². The summed E-state index contributed by atoms with van der Waals surface area (Å²) in [7, 11) is 0. The van der Waals surface area contributed by atoms with E-state index >= 15 is 0 Å². The van der Waals surface area contributed by atoms with Gasteiger partial charge in [0.1, 0.15) is 0 Å². The minimum absolute atomic E-state index is 0.289. The topological polar surface area (TPSA) is 21.3 Å². The molecule has 2 heteroatoms. The summed E-state index contributed by atoms with van der Waals surface area (Å²) in [6, 6.07) is 0.640. The molecule has 2 aliphatic carbocycles. The van der Waals surface area contributed by atoms with E-state index in [1.54, 1.807) is 0 Å². The van der Waals surface area contributed by atoms with Crippen molar-refractivity contribution in [3.05, 3.63) is 0 Å². The van der Waals surface area contributed by atoms with Crippen LogP contribution in [0.3, 0.4) is 0 Å². The number of ether oxygens (including phenoxy) is 1. The van der Waals surface area contributed by atoms with Gasteiger partial charge in [0.25, 0.3) is 0 Å². The van der Waals surface area contributed by atoms with Gasteiger partial charge in [0, 0.05) is 11.5 Å². The second kappa shape index (κ2) is 7.00. The van der Waals surface area contributed by atoms with Gasteiger partial charge in [-0.05, 0) is 50.0 Å². The average Bonchev–Trinajstić information content (AvgIpc) is 2.41. The Balaban J connectivity index is 1.91. The van der Waals surface area contributed by atoms with Crippen molar-refractivity contribution < 1.29 is 4.74 Å². The maximum absolute atomic E-state index is 6.66. The predicted molar refractivity (Wildman–Crippen MR) is 90.5 cm³/mol. The van der Waals surface area contributed by atoms with Crippen LogP contribution in [0.1, 0.15) is 73.6 Å². The van der Waals surface area contributed by atoms with Crippen LogP contribution in [0.5, 0.6) is 0 Å². The molecule has 0 spiro atoms. The Hall–Kier alpha value is -0.0800. The van der Waals surface area contributed by atoms with E-state index in [9.17, 15) is 0 Å². The third kappa shape index (κ3) is 3.82. The SMILES string of the molecule is CCCNC1CC(OC2CC(C)CCC2C(C)C)C1(C)C. The van der Waals surface area contributed by atoms with Crippen molar-refractivity contribution in [1.82, 2.24) is 5.32 Å². The van der Waals surface area contributed by atoms with Crippen molar-refractivity contribution in [2.75, 3.05) is 6.54 Å². The van der Waals surface area contributed by atoms with E-state index < -0.39 is 0 Å². The van der Waals surface area contributed by atoms with Crippen molar-refractivity contribution in [2.24, 2.45) is 23.2 Å². The van der Waals surface area contributed by atoms with Crippen LogP contribution in [0.4, 0.5) is 0 Å². The van der Waals surface area contributed by atoms with Crippen molar-refractivity contribution in [3.63, 3.8) is 0 Å². The van der Waals surface area contributed by atoms with E-state index in [1.807, 2.05) is 0 Å². The largest absolute Gasteiger partial charge is 0.374 e. The molecule has 5 unspecified atom stereocenters. The van der Waals surface area contributed by atoms with Gasteiger partial charge in [-0.1, -0.05) is 48.0 Å². The molecule has 5 atom stereocenters. The lowest BCUT2D eigenvalue weighted by molar-refractivity contribution is -0.175. The van der Waals surface area contributed by atoms with Gasteiger partial charge in [0.15, 0.2) is 0 Å². The molecule has 0 amide bonds. The second-order valence-electron chi connectivity index (χ2n) is 8.55. The van der Waals surface area contributed by atoms with Crippen LogP contribution in [-0.2, 0) is 4.74 Å². The van der Waals surface area contributed by atoms with Crippen molar-refractivity contribution in [3.8, 4) is 0 Å². The predicted octanol–water partition coefficient (Wildman–Crippen LogP) is 4.63. The van der Waals surface area contributed by atoms with Crippen LogP contribution in [0.25, 0.3) is 0 Å². The van der Waals surface area contributed by atoms with E-state index in [0.717, 1.165) is 24.3 Å². The minimum atomic E-state index is 0.289. The molecule has 124 valence electrons. The summed E-state index contributed by atoms with van der Waals surface area (Å²) < 4.78 is 6.66. The molecule has 2 fully saturated rings. The van der Waals surface area contributed by atoms with E-state index in [4.69, 9.17) is 4.74 Å². The molecule has 1 N–H and O–H groups in total. The summed E-state index contributed by atoms with van der Waals surface area (Å²) in [6.45, 7) is 15.3. The first kappa shape index (κ1) is 17.3. The lowest BCUT2D eigenvalue weighted by atomic mass is 9.64. The van der Waals surface area contributed by atoms with Gasteiger partial charge in [-0.25, -0.2) is 0 Å². The molecule has 0 aromatic rings. The van der Waals surface area contributed by atoms with Gasteiger partial charge in [-0.3, -0.25) is 0 Å². The molecule has 0 bridgehead atoms. The first-order valence-corrected chi connectivity index (χ1v) is 9.25. The number of nitrogens with one attached hydrogen (secondary N) is 1. The van der Waals surface area contributed by atoms with Crippen LogP contribution in [0, 0.1) is 23.2 Å². The van der Waals surface area contributed by atoms with Crippen LogP contribution in [0.2, 0.25) is 0 Å². The Labute approximate surface area is 132 Å². The summed E-state index contributed by atoms with van der Waals surface area (Å²) in [5.41, 5.74) is 0.289. The molecular weight excluding hydrogens is 258 g/mol. The van der Waals surface area contributed by atoms with Gasteiger partial charge in [0.05, 0.1) is 12.2 Å². The highest BCUT2D eigenvalue weighted by Gasteiger charge is 2.50. The van der Waals surface area contributed by atoms with Gasteiger partial charge in [0.2, 0.25) is 0 Å². The van der Waals surface area contributed by atoms with E-state index in [2.05, 4.69) is 46.9 Å². The maximum Gasteiger partial charge on any atom is 0.0659 e. The molecule has 0 aliphatic heterocycles. The third-order valence-electron chi connectivity index (χ3n) is 6.12. The molecular formula is C19H37NO. The van der Waals surface area contributed by atoms with Crippen LogP contribution in [0.15, 0.2) is 0 Å². The summed E-state index contributed by atoms with van der Waals surface area (Å²) in [4.78, 5) is 0. The van der Waals surface area contributed by atoms with Gasteiger partial charge >= 0.3 is 0 Å². The Morgan fingerprint density at radius 1 is 1.19 bits per heavy atom. The fourth-order valence-corrected chi connectivity index (χ4v) is 4.26. The second-order valence-corrected chi connectivity index (χ2v) is 8.55. The van der Waals surface area contributed by atoms with Gasteiger partial charge in [-0.15, -0.1) is 0 Å². The smallest absolute Gasteiger partial charge is 0.0659 e. The Bertz CT molecular complexity index is 326. The number of hydrogen-bond acceptors (Lipinski definition) is 2. The quantitative estimate of drug-likeness (QED) is 0.771. The Morgan fingerprint density at radius 2 is 1.90 bits per heavy atom. The molecule has 0 heterocycles. The summed E-state index contributed by atoms with van der Waals surface area (Å²) in [5, 5.41) is 3.69. The zero-order valence-corrected chi connectivity index (χ0v) is 15.1. The number of rotatable bonds is 6. The van der Waals surface area contributed by atoms with Crippen molar-refractivity contribution in [1.29, 1.82) is 0 Å². The molecule has 2 rings (SSSR count). The average molecular weight is 296 g/mol. The molecule has 2 aliphatic rings. The highest BCUT2D eigenvalue weighted by molar-refractivity contribution is 5.03. The summed E-state index contributed by atoms with van der Waals surface area (Å²) in [5.74, 6) is 2.35. The van der Waals surface area contributed by atoms with E-state index in [0.29, 0.717) is 18.2 Å². The molecule has 2 nitrogen and oxygen atoms in total. The molecule has 2 saturated carbocycles. The van der Waals surface area contributed by atoms with Crippen molar-refractivity contribution in [2.45, 2.75) is 91.9 Å². The Morgan fingerprint density at radius 3 is 2.48 bits per heavy atom. The molecule has 21 heavy (non-hydrogen) atoms. The Kier molecular flexibility index (Phi) is 5.76. The lowest BCUT2D eigenvalue weighted by Gasteiger charge is -2.54. The zero-order chi connectivity index (χ0) is 15.6. The first-order valence-electron chi connectivity index (χ1n) is 9.25.